The molecule has 0 spiro atoms. The fourth-order valence-electron chi connectivity index (χ4n) is 6.51. The molecule has 0 amide bonds. The number of nitrogens with one attached hydrogen (secondary N) is 4. The summed E-state index contributed by atoms with van der Waals surface area (Å²) < 4.78 is 0. The second-order valence-corrected chi connectivity index (χ2v) is 10.7. The Morgan fingerprint density at radius 2 is 1.67 bits per heavy atom. The molecular weight excluding hydrogens is 444 g/mol. The number of benzene rings is 2. The molecule has 4 aromatic rings. The molecule has 3 atom stereocenters. The number of rotatable bonds is 3. The molecule has 2 aromatic heterocycles. The molecule has 180 valence electrons. The van der Waals surface area contributed by atoms with E-state index in [0.717, 1.165) is 66.4 Å². The van der Waals surface area contributed by atoms with Crippen LogP contribution in [-0.4, -0.2) is 33.0 Å². The van der Waals surface area contributed by atoms with E-state index >= 15 is 0 Å². The minimum Gasteiger partial charge on any atom is -0.341 e. The molecule has 8 rings (SSSR count). The lowest BCUT2D eigenvalue weighted by molar-refractivity contribution is 0.612. The number of allylic oxidation sites excluding steroid dienone is 5. The van der Waals surface area contributed by atoms with Gasteiger partial charge >= 0.3 is 0 Å². The van der Waals surface area contributed by atoms with Crippen LogP contribution < -0.4 is 10.6 Å². The molecule has 2 aliphatic heterocycles. The summed E-state index contributed by atoms with van der Waals surface area (Å²) in [5.41, 5.74) is 8.50. The van der Waals surface area contributed by atoms with Gasteiger partial charge in [0, 0.05) is 11.3 Å². The molecule has 0 bridgehead atoms. The molecule has 2 fully saturated rings. The number of fused-ring (bicyclic) bond motifs is 6. The number of aromatic amines is 2. The van der Waals surface area contributed by atoms with Gasteiger partial charge in [0.2, 0.25) is 0 Å². The van der Waals surface area contributed by atoms with Crippen molar-refractivity contribution in [2.24, 2.45) is 5.92 Å². The average molecular weight is 475 g/mol. The van der Waals surface area contributed by atoms with Crippen LogP contribution in [-0.2, 0) is 0 Å². The van der Waals surface area contributed by atoms with Crippen molar-refractivity contribution in [1.82, 2.24) is 30.6 Å². The number of hydrogen-bond donors (Lipinski definition) is 4. The third kappa shape index (κ3) is 3.25. The van der Waals surface area contributed by atoms with Gasteiger partial charge in [0.05, 0.1) is 34.5 Å². The second kappa shape index (κ2) is 8.02. The van der Waals surface area contributed by atoms with Crippen molar-refractivity contribution < 1.29 is 0 Å². The van der Waals surface area contributed by atoms with Crippen molar-refractivity contribution in [2.75, 3.05) is 13.1 Å². The summed E-state index contributed by atoms with van der Waals surface area (Å²) in [6.45, 7) is 2.16. The fourth-order valence-corrected chi connectivity index (χ4v) is 6.51. The van der Waals surface area contributed by atoms with Crippen LogP contribution in [0.4, 0.5) is 0 Å². The third-order valence-electron chi connectivity index (χ3n) is 8.46. The molecule has 4 N–H and O–H groups in total. The zero-order valence-corrected chi connectivity index (χ0v) is 20.3. The van der Waals surface area contributed by atoms with Gasteiger partial charge in [-0.3, -0.25) is 0 Å². The summed E-state index contributed by atoms with van der Waals surface area (Å²) in [4.78, 5) is 17.2. The zero-order chi connectivity index (χ0) is 23.6. The van der Waals surface area contributed by atoms with Crippen LogP contribution in [0, 0.1) is 5.92 Å². The monoisotopic (exact) mass is 474 g/mol. The molecule has 6 heteroatoms. The summed E-state index contributed by atoms with van der Waals surface area (Å²) in [6, 6.07) is 12.0. The Morgan fingerprint density at radius 1 is 0.833 bits per heavy atom. The highest BCUT2D eigenvalue weighted by molar-refractivity contribution is 6.05. The summed E-state index contributed by atoms with van der Waals surface area (Å²) in [6.07, 6.45) is 14.9. The van der Waals surface area contributed by atoms with Gasteiger partial charge in [-0.05, 0) is 85.5 Å². The van der Waals surface area contributed by atoms with E-state index in [2.05, 4.69) is 75.2 Å². The molecule has 2 aromatic carbocycles. The Kier molecular flexibility index (Phi) is 4.61. The summed E-state index contributed by atoms with van der Waals surface area (Å²) >= 11 is 0. The largest absolute Gasteiger partial charge is 0.341 e. The van der Waals surface area contributed by atoms with Crippen LogP contribution in [0.2, 0.25) is 0 Å². The second-order valence-electron chi connectivity index (χ2n) is 10.7. The molecule has 36 heavy (non-hydrogen) atoms. The van der Waals surface area contributed by atoms with E-state index in [9.17, 15) is 0 Å². The first-order chi connectivity index (χ1) is 17.8. The fraction of sp³-hybridized carbons (Fsp3) is 0.333. The van der Waals surface area contributed by atoms with Crippen LogP contribution in [0.15, 0.2) is 48.6 Å². The van der Waals surface area contributed by atoms with Gasteiger partial charge in [0.25, 0.3) is 0 Å². The maximum absolute atomic E-state index is 5.03. The molecular formula is C30H30N6. The predicted octanol–water partition coefficient (Wildman–Crippen LogP) is 5.80. The predicted molar refractivity (Wildman–Crippen MR) is 145 cm³/mol. The number of aromatic nitrogens is 4. The Bertz CT molecular complexity index is 1590. The van der Waals surface area contributed by atoms with Gasteiger partial charge < -0.3 is 20.6 Å². The molecule has 2 aliphatic carbocycles. The van der Waals surface area contributed by atoms with E-state index in [4.69, 9.17) is 9.97 Å². The topological polar surface area (TPSA) is 81.4 Å². The Labute approximate surface area is 210 Å². The lowest BCUT2D eigenvalue weighted by atomic mass is 9.80. The first-order valence-corrected chi connectivity index (χ1v) is 13.4. The lowest BCUT2D eigenvalue weighted by Gasteiger charge is -2.25. The maximum Gasteiger partial charge on any atom is 0.124 e. The summed E-state index contributed by atoms with van der Waals surface area (Å²) in [5, 5.41) is 9.59. The number of imidazole rings is 2. The normalized spacial score (nSPS) is 25.3. The quantitative estimate of drug-likeness (QED) is 0.302. The standard InChI is InChI=1S/C30H30N6/c1-3-25(31-13-1)29-33-23-11-7-19-15-17(5-9-21(19)27(23)35-29)18-6-10-22-20(16-18)8-12-24-28(22)36-30(34-24)26-4-2-14-32-26/h5-12,15,20,25-26,31-32H,1-4,13-14,16H2,(H,33,35)(H,34,36)/t20?,25-,26-/m0/s1. The third-order valence-corrected chi connectivity index (χ3v) is 8.46. The van der Waals surface area contributed by atoms with Gasteiger partial charge in [-0.2, -0.15) is 0 Å². The van der Waals surface area contributed by atoms with Gasteiger partial charge in [-0.1, -0.05) is 36.4 Å². The highest BCUT2D eigenvalue weighted by atomic mass is 15.1. The molecule has 0 radical (unpaired) electrons. The highest BCUT2D eigenvalue weighted by Crippen LogP contribution is 2.42. The van der Waals surface area contributed by atoms with Crippen molar-refractivity contribution in [3.05, 3.63) is 77.2 Å². The van der Waals surface area contributed by atoms with Crippen molar-refractivity contribution in [3.8, 4) is 0 Å². The number of nitrogens with zero attached hydrogens (tertiary/aromatic N) is 2. The van der Waals surface area contributed by atoms with E-state index in [0.29, 0.717) is 18.0 Å². The van der Waals surface area contributed by atoms with E-state index in [1.54, 1.807) is 0 Å². The van der Waals surface area contributed by atoms with Gasteiger partial charge in [0.1, 0.15) is 11.6 Å². The van der Waals surface area contributed by atoms with Crippen LogP contribution in [0.1, 0.15) is 72.8 Å². The van der Waals surface area contributed by atoms with E-state index < -0.39 is 0 Å². The number of hydrogen-bond acceptors (Lipinski definition) is 4. The minimum absolute atomic E-state index is 0.351. The highest BCUT2D eigenvalue weighted by Gasteiger charge is 2.29. The lowest BCUT2D eigenvalue weighted by Crippen LogP contribution is -2.14. The van der Waals surface area contributed by atoms with Crippen LogP contribution in [0.3, 0.4) is 0 Å². The van der Waals surface area contributed by atoms with E-state index in [1.165, 1.54) is 40.3 Å². The van der Waals surface area contributed by atoms with Crippen molar-refractivity contribution in [3.63, 3.8) is 0 Å². The van der Waals surface area contributed by atoms with Gasteiger partial charge in [0.15, 0.2) is 0 Å². The zero-order valence-electron chi connectivity index (χ0n) is 20.3. The van der Waals surface area contributed by atoms with Crippen molar-refractivity contribution in [1.29, 1.82) is 0 Å². The van der Waals surface area contributed by atoms with Crippen LogP contribution in [0.25, 0.3) is 39.0 Å². The SMILES string of the molecule is C1=CC2CC(c3ccc4c(ccc5[nH]c([C@@H]6CCCN6)nc54)c3)=CC=C2c2nc([C@@H]3CCCN3)[nH]c21. The minimum atomic E-state index is 0.351. The van der Waals surface area contributed by atoms with Crippen molar-refractivity contribution >= 4 is 39.0 Å². The van der Waals surface area contributed by atoms with Gasteiger partial charge in [-0.25, -0.2) is 9.97 Å². The van der Waals surface area contributed by atoms with E-state index in [-0.39, 0.29) is 0 Å². The molecule has 2 saturated heterocycles. The first-order valence-electron chi connectivity index (χ1n) is 13.4. The molecule has 0 saturated carbocycles. The Balaban J connectivity index is 1.13. The smallest absolute Gasteiger partial charge is 0.124 e. The molecule has 1 unspecified atom stereocenters. The molecule has 4 heterocycles. The Hall–Kier alpha value is -3.48. The van der Waals surface area contributed by atoms with Crippen LogP contribution >= 0.6 is 0 Å². The maximum atomic E-state index is 5.03. The molecule has 4 aliphatic rings. The first kappa shape index (κ1) is 20.7. The van der Waals surface area contributed by atoms with Gasteiger partial charge in [-0.15, -0.1) is 0 Å². The van der Waals surface area contributed by atoms with E-state index in [1.807, 2.05) is 0 Å². The molecule has 6 nitrogen and oxygen atoms in total. The number of H-pyrrole nitrogens is 2. The summed E-state index contributed by atoms with van der Waals surface area (Å²) in [5.74, 6) is 2.53. The summed E-state index contributed by atoms with van der Waals surface area (Å²) in [7, 11) is 0. The van der Waals surface area contributed by atoms with Crippen LogP contribution in [0.5, 0.6) is 0 Å². The Morgan fingerprint density at radius 3 is 2.47 bits per heavy atom. The van der Waals surface area contributed by atoms with Crippen molar-refractivity contribution in [2.45, 2.75) is 44.2 Å². The average Bonchev–Trinajstić information content (AvgIpc) is 3.73.